The van der Waals surface area contributed by atoms with E-state index in [4.69, 9.17) is 25.8 Å². The van der Waals surface area contributed by atoms with Crippen molar-refractivity contribution in [2.45, 2.75) is 167 Å². The smallest absolute Gasteiger partial charge is 0.378 e. The van der Waals surface area contributed by atoms with Gasteiger partial charge in [0, 0.05) is 75.0 Å². The highest BCUT2D eigenvalue weighted by atomic mass is 35.5. The number of halogens is 7. The number of amides is 1. The maximum atomic E-state index is 13.6. The average molecular weight is 1390 g/mol. The molecule has 20 heteroatoms. The van der Waals surface area contributed by atoms with Crippen LogP contribution in [-0.2, 0) is 73.3 Å². The number of ether oxygens (including phenoxy) is 3. The summed E-state index contributed by atoms with van der Waals surface area (Å²) in [6.07, 6.45) is 2.38. The minimum atomic E-state index is -4.41. The van der Waals surface area contributed by atoms with Crippen LogP contribution in [0.4, 0.5) is 26.3 Å². The van der Waals surface area contributed by atoms with E-state index in [0.717, 1.165) is 132 Å². The second-order valence-electron chi connectivity index (χ2n) is 27.7. The standard InChI is InChI=1S/C28H33F3N2O2.C20H26F3N3O2.C19H28N2O.C9H9ClO.2CH4/c29-28(30,31)22-10-6-9-21(15-22)16-26(34)23-11-14-33(17-20-7-2-1-3-8-20)25-19-35-18-24(27(23)25)32-12-4-5-13-32;21-20(22,23)15-5-3-4-14(10-15)11-18(27)26-9-6-24-16-12-28-13-17(19(16)26)25-7-1-2-8-25;1-2-7-16(8-3-1)13-21-12-6-9-17-18(14-22-15-19(17)21)20-10-4-5-11-20;1-7-3-2-4-8(5-7)6-9(10)11;;/h1-3,6-10,15,23-25,27H,4-5,11-14,16-19H2;3-5,10,16-17,19,24H,1-2,6-9,11-13H2;1-3,7-8,17-19H,4-6,9-15H2;2-5H,6H2,1H3;2*1H4/t23?,24-,25+,27+;16-,17+,19+;17-,18+,19-;;;/m011.../s1. The largest absolute Gasteiger partial charge is 0.416 e. The summed E-state index contributed by atoms with van der Waals surface area (Å²) in [5, 5.41) is 3.15. The van der Waals surface area contributed by atoms with Crippen molar-refractivity contribution < 1.29 is 54.9 Å². The Morgan fingerprint density at radius 2 is 0.949 bits per heavy atom. The second kappa shape index (κ2) is 36.3. The summed E-state index contributed by atoms with van der Waals surface area (Å²) >= 11 is 5.23. The number of rotatable bonds is 14. The van der Waals surface area contributed by atoms with Crippen molar-refractivity contribution in [3.8, 4) is 0 Å². The Morgan fingerprint density at radius 3 is 1.51 bits per heavy atom. The zero-order valence-corrected chi connectivity index (χ0v) is 56.2. The minimum Gasteiger partial charge on any atom is -0.378 e. The Morgan fingerprint density at radius 1 is 0.480 bits per heavy atom. The van der Waals surface area contributed by atoms with Crippen LogP contribution in [-0.4, -0.2) is 194 Å². The molecule has 1 amide bonds. The number of fused-ring (bicyclic) bond motifs is 3. The highest BCUT2D eigenvalue weighted by molar-refractivity contribution is 6.63. The summed E-state index contributed by atoms with van der Waals surface area (Å²) in [5.74, 6) is 0.713. The summed E-state index contributed by atoms with van der Waals surface area (Å²) in [4.78, 5) is 51.9. The van der Waals surface area contributed by atoms with Gasteiger partial charge in [0.25, 0.3) is 0 Å². The second-order valence-corrected chi connectivity index (χ2v) is 28.2. The summed E-state index contributed by atoms with van der Waals surface area (Å²) in [7, 11) is 0. The summed E-state index contributed by atoms with van der Waals surface area (Å²) in [6, 6.07) is 41.1. The topological polar surface area (TPSA) is 110 Å². The molecule has 9 aliphatic heterocycles. The van der Waals surface area contributed by atoms with Gasteiger partial charge in [-0.1, -0.05) is 142 Å². The number of hydrogen-bond donors (Lipinski definition) is 1. The van der Waals surface area contributed by atoms with E-state index in [1.807, 2.05) is 54.3 Å². The number of likely N-dealkylation sites (tertiary alicyclic amines) is 5. The Hall–Kier alpha value is -5.58. The summed E-state index contributed by atoms with van der Waals surface area (Å²) < 4.78 is 96.6. The molecule has 10 atom stereocenters. The molecule has 0 bridgehead atoms. The van der Waals surface area contributed by atoms with Crippen molar-refractivity contribution in [3.63, 3.8) is 0 Å². The fraction of sp³-hybridized carbons (Fsp3) is 0.577. The van der Waals surface area contributed by atoms with Crippen LogP contribution in [0.25, 0.3) is 0 Å². The zero-order valence-electron chi connectivity index (χ0n) is 55.5. The van der Waals surface area contributed by atoms with Gasteiger partial charge in [-0.05, 0) is 175 Å². The molecule has 5 aromatic carbocycles. The zero-order chi connectivity index (χ0) is 67.2. The first-order valence-corrected chi connectivity index (χ1v) is 35.4. The third-order valence-electron chi connectivity index (χ3n) is 21.3. The number of piperazine rings is 1. The van der Waals surface area contributed by atoms with Gasteiger partial charge in [0.05, 0.1) is 75.3 Å². The van der Waals surface area contributed by atoms with Gasteiger partial charge < -0.3 is 24.4 Å². The number of hydrogen-bond acceptors (Lipinski definition) is 12. The van der Waals surface area contributed by atoms with E-state index in [1.165, 1.54) is 68.6 Å². The van der Waals surface area contributed by atoms with Crippen molar-refractivity contribution in [2.75, 3.05) is 105 Å². The third-order valence-corrected chi connectivity index (χ3v) is 21.5. The first-order chi connectivity index (χ1) is 46.4. The van der Waals surface area contributed by atoms with Crippen LogP contribution in [0, 0.1) is 24.7 Å². The Labute approximate surface area is 582 Å². The number of piperidine rings is 2. The number of nitrogens with one attached hydrogen (secondary N) is 1. The van der Waals surface area contributed by atoms with E-state index in [1.54, 1.807) is 12.1 Å². The van der Waals surface area contributed by atoms with Crippen LogP contribution >= 0.6 is 11.6 Å². The molecule has 9 aliphatic rings. The molecule has 1 N–H and O–H groups in total. The Balaban J connectivity index is 0.000000161. The van der Waals surface area contributed by atoms with Crippen molar-refractivity contribution in [3.05, 3.63) is 178 Å². The normalized spacial score (nSPS) is 27.0. The number of carbonyl (C=O) groups is 3. The highest BCUT2D eigenvalue weighted by Gasteiger charge is 2.50. The van der Waals surface area contributed by atoms with Crippen LogP contribution < -0.4 is 5.32 Å². The van der Waals surface area contributed by atoms with E-state index in [9.17, 15) is 40.7 Å². The number of nitrogens with zero attached hydrogens (tertiary/aromatic N) is 6. The minimum absolute atomic E-state index is 0. The van der Waals surface area contributed by atoms with Crippen molar-refractivity contribution >= 4 is 28.5 Å². The van der Waals surface area contributed by atoms with Gasteiger partial charge in [-0.2, -0.15) is 26.3 Å². The highest BCUT2D eigenvalue weighted by Crippen LogP contribution is 2.41. The number of Topliss-reactive ketones (excluding diaryl/α,β-unsaturated/α-hetero) is 1. The van der Waals surface area contributed by atoms with E-state index >= 15 is 0 Å². The van der Waals surface area contributed by atoms with Gasteiger partial charge in [0.15, 0.2) is 0 Å². The van der Waals surface area contributed by atoms with Gasteiger partial charge in [-0.3, -0.25) is 38.9 Å². The molecular formula is C78H104ClF6N7O6. The van der Waals surface area contributed by atoms with Crippen LogP contribution in [0.1, 0.15) is 117 Å². The van der Waals surface area contributed by atoms with E-state index in [0.29, 0.717) is 69.1 Å². The van der Waals surface area contributed by atoms with Crippen molar-refractivity contribution in [1.82, 2.24) is 34.7 Å². The lowest BCUT2D eigenvalue weighted by Gasteiger charge is -2.52. The molecule has 9 fully saturated rings. The van der Waals surface area contributed by atoms with E-state index < -0.39 is 23.5 Å². The maximum Gasteiger partial charge on any atom is 0.416 e. The SMILES string of the molecule is C.C.Cc1cccc(CC(=O)Cl)c1.O=C(Cc1cccc(C(F)(F)F)c1)C1CCN(Cc2ccccc2)[C@@H]2COC[C@H](N3CCCC3)[C@@H]12.O=C(Cc1cccc(C(F)(F)F)c1)N1CCN[C@@H]2COC[C@H](N3CCCC3)[C@H]21.c1ccc(CN2CCC[C@H]3[C@H]2COC[C@@H]3N2CCCC2)cc1. The molecule has 98 heavy (non-hydrogen) atoms. The number of carbonyl (C=O) groups excluding carboxylic acids is 3. The molecule has 0 spiro atoms. The average Bonchev–Trinajstić information content (AvgIpc) is 1.08. The van der Waals surface area contributed by atoms with Gasteiger partial charge >= 0.3 is 12.4 Å². The van der Waals surface area contributed by atoms with Crippen LogP contribution in [0.5, 0.6) is 0 Å². The third kappa shape index (κ3) is 20.4. The fourth-order valence-electron chi connectivity index (χ4n) is 16.8. The number of alkyl halides is 6. The van der Waals surface area contributed by atoms with Crippen molar-refractivity contribution in [1.29, 1.82) is 0 Å². The first kappa shape index (κ1) is 76.6. The molecular weight excluding hydrogens is 1280 g/mol. The number of ketones is 1. The lowest BCUT2D eigenvalue weighted by atomic mass is 9.71. The van der Waals surface area contributed by atoms with Gasteiger partial charge in [0.1, 0.15) is 5.78 Å². The number of benzene rings is 5. The molecule has 5 aromatic rings. The predicted molar refractivity (Wildman–Crippen MR) is 374 cm³/mol. The molecule has 0 aliphatic carbocycles. The van der Waals surface area contributed by atoms with Crippen LogP contribution in [0.3, 0.4) is 0 Å². The molecule has 9 heterocycles. The maximum absolute atomic E-state index is 13.6. The van der Waals surface area contributed by atoms with E-state index in [-0.39, 0.29) is 86.7 Å². The molecule has 536 valence electrons. The molecule has 0 saturated carbocycles. The van der Waals surface area contributed by atoms with Gasteiger partial charge in [0.2, 0.25) is 11.1 Å². The molecule has 14 rings (SSSR count). The van der Waals surface area contributed by atoms with Crippen LogP contribution in [0.2, 0.25) is 0 Å². The molecule has 0 radical (unpaired) electrons. The van der Waals surface area contributed by atoms with Gasteiger partial charge in [-0.25, -0.2) is 0 Å². The van der Waals surface area contributed by atoms with Crippen molar-refractivity contribution in [2.24, 2.45) is 17.8 Å². The monoisotopic (exact) mass is 1380 g/mol. The summed E-state index contributed by atoms with van der Waals surface area (Å²) in [5.41, 5.74) is 4.24. The molecule has 0 aromatic heterocycles. The molecule has 13 nitrogen and oxygen atoms in total. The first-order valence-electron chi connectivity index (χ1n) is 35.1. The molecule has 1 unspecified atom stereocenters. The fourth-order valence-corrected chi connectivity index (χ4v) is 16.9. The predicted octanol–water partition coefficient (Wildman–Crippen LogP) is 13.1. The van der Waals surface area contributed by atoms with Crippen LogP contribution in [0.15, 0.2) is 133 Å². The Kier molecular flexibility index (Phi) is 28.4. The quantitative estimate of drug-likeness (QED) is 0.0844. The lowest BCUT2D eigenvalue weighted by molar-refractivity contribution is -0.143. The lowest BCUT2D eigenvalue weighted by Crippen LogP contribution is -2.70. The molecule has 9 saturated heterocycles. The van der Waals surface area contributed by atoms with E-state index in [2.05, 4.69) is 72.3 Å². The Bertz CT molecular complexity index is 3280. The summed E-state index contributed by atoms with van der Waals surface area (Å²) in [6.45, 7) is 18.0. The van der Waals surface area contributed by atoms with Gasteiger partial charge in [-0.15, -0.1) is 0 Å². The number of aryl methyl sites for hydroxylation is 1.